The molecule has 3 aromatic rings. The highest BCUT2D eigenvalue weighted by molar-refractivity contribution is 6.06. The normalized spacial score (nSPS) is 15.5. The Labute approximate surface area is 158 Å². The van der Waals surface area contributed by atoms with Gasteiger partial charge in [0.2, 0.25) is 5.95 Å². The van der Waals surface area contributed by atoms with Crippen LogP contribution in [0.15, 0.2) is 54.9 Å². The van der Waals surface area contributed by atoms with E-state index < -0.39 is 0 Å². The van der Waals surface area contributed by atoms with E-state index in [1.165, 1.54) is 5.56 Å². The zero-order valence-corrected chi connectivity index (χ0v) is 15.4. The third kappa shape index (κ3) is 3.51. The maximum absolute atomic E-state index is 13.2. The number of benzene rings is 1. The third-order valence-electron chi connectivity index (χ3n) is 4.70. The maximum Gasteiger partial charge on any atom is 0.277 e. The number of hydrogen-bond acceptors (Lipinski definition) is 5. The smallest absolute Gasteiger partial charge is 0.277 e. The topological polar surface area (TPSA) is 71.0 Å². The number of para-hydroxylation sites is 1. The van der Waals surface area contributed by atoms with Crippen LogP contribution in [0.25, 0.3) is 0 Å². The summed E-state index contributed by atoms with van der Waals surface area (Å²) in [6.07, 6.45) is 4.35. The SMILES string of the molecule is Cc1cc(C(=O)N2c3ccccc3CC2C)nc(NCc2ccncc2)n1. The Kier molecular flexibility index (Phi) is 4.54. The molecule has 1 aliphatic heterocycles. The summed E-state index contributed by atoms with van der Waals surface area (Å²) in [6.45, 7) is 4.51. The first kappa shape index (κ1) is 17.1. The number of carbonyl (C=O) groups is 1. The Hall–Kier alpha value is -3.28. The molecule has 0 saturated heterocycles. The van der Waals surface area contributed by atoms with Crippen molar-refractivity contribution in [1.82, 2.24) is 15.0 Å². The fourth-order valence-corrected chi connectivity index (χ4v) is 3.44. The molecule has 136 valence electrons. The third-order valence-corrected chi connectivity index (χ3v) is 4.70. The molecule has 0 radical (unpaired) electrons. The van der Waals surface area contributed by atoms with Crippen molar-refractivity contribution in [3.8, 4) is 0 Å². The minimum absolute atomic E-state index is 0.0927. The summed E-state index contributed by atoms with van der Waals surface area (Å²) in [4.78, 5) is 27.9. The molecule has 0 spiro atoms. The van der Waals surface area contributed by atoms with E-state index in [1.54, 1.807) is 18.5 Å². The lowest BCUT2D eigenvalue weighted by atomic mass is 10.1. The van der Waals surface area contributed by atoms with Crippen molar-refractivity contribution in [3.05, 3.63) is 77.4 Å². The van der Waals surface area contributed by atoms with Crippen molar-refractivity contribution in [2.75, 3.05) is 10.2 Å². The molecular formula is C21H21N5O. The Balaban J connectivity index is 1.58. The molecule has 0 aliphatic carbocycles. The predicted molar refractivity (Wildman–Crippen MR) is 105 cm³/mol. The highest BCUT2D eigenvalue weighted by Gasteiger charge is 2.32. The lowest BCUT2D eigenvalue weighted by molar-refractivity contribution is 0.0976. The molecule has 2 aromatic heterocycles. The fourth-order valence-electron chi connectivity index (χ4n) is 3.44. The van der Waals surface area contributed by atoms with Crippen molar-refractivity contribution in [3.63, 3.8) is 0 Å². The van der Waals surface area contributed by atoms with Gasteiger partial charge in [-0.3, -0.25) is 9.78 Å². The molecule has 1 aromatic carbocycles. The van der Waals surface area contributed by atoms with E-state index >= 15 is 0 Å². The summed E-state index contributed by atoms with van der Waals surface area (Å²) < 4.78 is 0. The number of aryl methyl sites for hydroxylation is 1. The van der Waals surface area contributed by atoms with Crippen molar-refractivity contribution in [2.45, 2.75) is 32.9 Å². The van der Waals surface area contributed by atoms with Gasteiger partial charge < -0.3 is 10.2 Å². The van der Waals surface area contributed by atoms with Crippen LogP contribution in [-0.4, -0.2) is 26.9 Å². The summed E-state index contributed by atoms with van der Waals surface area (Å²) >= 11 is 0. The summed E-state index contributed by atoms with van der Waals surface area (Å²) in [5.74, 6) is 0.361. The number of nitrogens with one attached hydrogen (secondary N) is 1. The number of aromatic nitrogens is 3. The van der Waals surface area contributed by atoms with E-state index in [0.29, 0.717) is 18.2 Å². The first-order chi connectivity index (χ1) is 13.1. The lowest BCUT2D eigenvalue weighted by Crippen LogP contribution is -2.36. The zero-order chi connectivity index (χ0) is 18.8. The molecule has 1 aliphatic rings. The maximum atomic E-state index is 13.2. The van der Waals surface area contributed by atoms with Gasteiger partial charge in [-0.2, -0.15) is 0 Å². The minimum atomic E-state index is -0.0927. The Morgan fingerprint density at radius 2 is 1.96 bits per heavy atom. The second-order valence-corrected chi connectivity index (χ2v) is 6.78. The molecule has 1 atom stereocenters. The van der Waals surface area contributed by atoms with Gasteiger partial charge in [0.1, 0.15) is 5.69 Å². The number of rotatable bonds is 4. The van der Waals surface area contributed by atoms with E-state index in [-0.39, 0.29) is 11.9 Å². The molecule has 6 heteroatoms. The summed E-state index contributed by atoms with van der Waals surface area (Å²) in [7, 11) is 0. The first-order valence-corrected chi connectivity index (χ1v) is 9.02. The number of carbonyl (C=O) groups excluding carboxylic acids is 1. The lowest BCUT2D eigenvalue weighted by Gasteiger charge is -2.22. The summed E-state index contributed by atoms with van der Waals surface area (Å²) in [5, 5.41) is 3.20. The van der Waals surface area contributed by atoms with Crippen LogP contribution < -0.4 is 10.2 Å². The quantitative estimate of drug-likeness (QED) is 0.773. The van der Waals surface area contributed by atoms with Crippen LogP contribution in [0.1, 0.15) is 34.2 Å². The van der Waals surface area contributed by atoms with Gasteiger partial charge in [-0.05, 0) is 55.7 Å². The number of anilines is 2. The van der Waals surface area contributed by atoms with E-state index in [0.717, 1.165) is 23.4 Å². The van der Waals surface area contributed by atoms with Crippen LogP contribution in [0.5, 0.6) is 0 Å². The van der Waals surface area contributed by atoms with E-state index in [4.69, 9.17) is 0 Å². The van der Waals surface area contributed by atoms with Crippen LogP contribution in [0, 0.1) is 6.92 Å². The number of hydrogen-bond donors (Lipinski definition) is 1. The largest absolute Gasteiger partial charge is 0.350 e. The van der Waals surface area contributed by atoms with Gasteiger partial charge >= 0.3 is 0 Å². The van der Waals surface area contributed by atoms with Crippen molar-refractivity contribution >= 4 is 17.5 Å². The van der Waals surface area contributed by atoms with Crippen molar-refractivity contribution in [1.29, 1.82) is 0 Å². The monoisotopic (exact) mass is 359 g/mol. The Morgan fingerprint density at radius 1 is 1.19 bits per heavy atom. The van der Waals surface area contributed by atoms with Crippen molar-refractivity contribution < 1.29 is 4.79 Å². The van der Waals surface area contributed by atoms with Crippen LogP contribution in [0.4, 0.5) is 11.6 Å². The van der Waals surface area contributed by atoms with Crippen LogP contribution in [0.3, 0.4) is 0 Å². The van der Waals surface area contributed by atoms with Gasteiger partial charge in [-0.15, -0.1) is 0 Å². The molecule has 0 saturated carbocycles. The van der Waals surface area contributed by atoms with Crippen LogP contribution in [-0.2, 0) is 13.0 Å². The highest BCUT2D eigenvalue weighted by atomic mass is 16.2. The molecule has 27 heavy (non-hydrogen) atoms. The Bertz CT molecular complexity index is 973. The first-order valence-electron chi connectivity index (χ1n) is 9.02. The van der Waals surface area contributed by atoms with E-state index in [2.05, 4.69) is 33.3 Å². The number of amides is 1. The second kappa shape index (κ2) is 7.15. The van der Waals surface area contributed by atoms with E-state index in [9.17, 15) is 4.79 Å². The van der Waals surface area contributed by atoms with E-state index in [1.807, 2.05) is 42.2 Å². The molecule has 4 rings (SSSR count). The minimum Gasteiger partial charge on any atom is -0.350 e. The fraction of sp³-hybridized carbons (Fsp3) is 0.238. The molecule has 1 amide bonds. The summed E-state index contributed by atoms with van der Waals surface area (Å²) in [5.41, 5.74) is 4.40. The average Bonchev–Trinajstić information content (AvgIpc) is 3.02. The molecule has 3 heterocycles. The van der Waals surface area contributed by atoms with Crippen molar-refractivity contribution in [2.24, 2.45) is 0 Å². The standard InChI is InChI=1S/C21H21N5O/c1-14-11-18(25-21(24-14)23-13-16-7-9-22-10-8-16)20(27)26-15(2)12-17-5-3-4-6-19(17)26/h3-11,15H,12-13H2,1-2H3,(H,23,24,25). The zero-order valence-electron chi connectivity index (χ0n) is 15.4. The van der Waals surface area contributed by atoms with Gasteiger partial charge in [0, 0.05) is 36.4 Å². The number of nitrogens with zero attached hydrogens (tertiary/aromatic N) is 4. The Morgan fingerprint density at radius 3 is 2.78 bits per heavy atom. The molecule has 1 unspecified atom stereocenters. The highest BCUT2D eigenvalue weighted by Crippen LogP contribution is 2.32. The summed E-state index contributed by atoms with van der Waals surface area (Å²) in [6, 6.07) is 13.8. The molecule has 6 nitrogen and oxygen atoms in total. The van der Waals surface area contributed by atoms with Gasteiger partial charge in [0.05, 0.1) is 0 Å². The predicted octanol–water partition coefficient (Wildman–Crippen LogP) is 3.38. The van der Waals surface area contributed by atoms with Crippen LogP contribution >= 0.6 is 0 Å². The van der Waals surface area contributed by atoms with Gasteiger partial charge in [0.15, 0.2) is 0 Å². The van der Waals surface area contributed by atoms with Gasteiger partial charge in [0.25, 0.3) is 5.91 Å². The molecule has 0 bridgehead atoms. The second-order valence-electron chi connectivity index (χ2n) is 6.78. The molecule has 0 fully saturated rings. The number of fused-ring (bicyclic) bond motifs is 1. The molecular weight excluding hydrogens is 338 g/mol. The van der Waals surface area contributed by atoms with Gasteiger partial charge in [-0.25, -0.2) is 9.97 Å². The number of pyridine rings is 1. The van der Waals surface area contributed by atoms with Crippen LogP contribution in [0.2, 0.25) is 0 Å². The van der Waals surface area contributed by atoms with Gasteiger partial charge in [-0.1, -0.05) is 18.2 Å². The molecule has 1 N–H and O–H groups in total. The average molecular weight is 359 g/mol.